The van der Waals surface area contributed by atoms with Crippen LogP contribution in [0.15, 0.2) is 72.8 Å². The number of nitrogens with one attached hydrogen (secondary N) is 2. The van der Waals surface area contributed by atoms with Gasteiger partial charge in [-0.1, -0.05) is 41.4 Å². The highest BCUT2D eigenvalue weighted by atomic mass is 35.5. The Kier molecular flexibility index (Phi) is 6.00. The molecule has 1 heterocycles. The molecular weight excluding hydrogens is 412 g/mol. The lowest BCUT2D eigenvalue weighted by atomic mass is 10.1. The average molecular weight is 433 g/mol. The standard InChI is InChI=1S/C24H21ClN4O2/c1-16-5-4-6-17(13-16)24(31)26-14-22-28-20-7-2-3-8-21(20)29(22)15-23(30)27-19-11-9-18(25)10-12-19/h2-13H,14-15H2,1H3,(H,26,31)(H,27,30). The van der Waals surface area contributed by atoms with Gasteiger partial charge in [-0.25, -0.2) is 4.98 Å². The van der Waals surface area contributed by atoms with E-state index in [4.69, 9.17) is 11.6 Å². The van der Waals surface area contributed by atoms with Crippen molar-refractivity contribution in [3.05, 3.63) is 94.8 Å². The second-order valence-corrected chi connectivity index (χ2v) is 7.65. The second kappa shape index (κ2) is 9.02. The van der Waals surface area contributed by atoms with Gasteiger partial charge in [0.2, 0.25) is 5.91 Å². The van der Waals surface area contributed by atoms with Gasteiger partial charge in [0.1, 0.15) is 12.4 Å². The summed E-state index contributed by atoms with van der Waals surface area (Å²) in [6.45, 7) is 2.21. The molecule has 0 aliphatic rings. The summed E-state index contributed by atoms with van der Waals surface area (Å²) in [5.74, 6) is 0.220. The van der Waals surface area contributed by atoms with Gasteiger partial charge in [0, 0.05) is 16.3 Å². The Morgan fingerprint density at radius 1 is 1.00 bits per heavy atom. The Balaban J connectivity index is 1.53. The molecule has 2 amide bonds. The zero-order valence-electron chi connectivity index (χ0n) is 16.9. The summed E-state index contributed by atoms with van der Waals surface area (Å²) in [4.78, 5) is 29.8. The molecule has 2 N–H and O–H groups in total. The largest absolute Gasteiger partial charge is 0.345 e. The van der Waals surface area contributed by atoms with Gasteiger partial charge in [-0.05, 0) is 55.5 Å². The van der Waals surface area contributed by atoms with Crippen LogP contribution in [0.5, 0.6) is 0 Å². The van der Waals surface area contributed by atoms with Crippen molar-refractivity contribution in [2.75, 3.05) is 5.32 Å². The zero-order valence-corrected chi connectivity index (χ0v) is 17.7. The Morgan fingerprint density at radius 2 is 1.77 bits per heavy atom. The van der Waals surface area contributed by atoms with E-state index in [-0.39, 0.29) is 24.9 Å². The number of rotatable bonds is 6. The van der Waals surface area contributed by atoms with E-state index in [0.717, 1.165) is 16.6 Å². The van der Waals surface area contributed by atoms with Gasteiger partial charge in [-0.3, -0.25) is 9.59 Å². The van der Waals surface area contributed by atoms with E-state index in [1.165, 1.54) is 0 Å². The van der Waals surface area contributed by atoms with Crippen LogP contribution in [0.3, 0.4) is 0 Å². The number of hydrogen-bond donors (Lipinski definition) is 2. The number of amides is 2. The van der Waals surface area contributed by atoms with Crippen LogP contribution in [0.1, 0.15) is 21.7 Å². The summed E-state index contributed by atoms with van der Waals surface area (Å²) < 4.78 is 1.82. The van der Waals surface area contributed by atoms with Crippen molar-refractivity contribution in [3.63, 3.8) is 0 Å². The van der Waals surface area contributed by atoms with E-state index < -0.39 is 0 Å². The van der Waals surface area contributed by atoms with Crippen LogP contribution >= 0.6 is 11.6 Å². The van der Waals surface area contributed by atoms with Crippen molar-refractivity contribution in [2.45, 2.75) is 20.0 Å². The topological polar surface area (TPSA) is 76.0 Å². The van der Waals surface area contributed by atoms with Crippen molar-refractivity contribution in [1.82, 2.24) is 14.9 Å². The summed E-state index contributed by atoms with van der Waals surface area (Å²) in [5.41, 5.74) is 3.85. The van der Waals surface area contributed by atoms with Gasteiger partial charge in [0.25, 0.3) is 5.91 Å². The molecule has 7 heteroatoms. The number of imidazole rings is 1. The molecule has 31 heavy (non-hydrogen) atoms. The predicted octanol–water partition coefficient (Wildman–Crippen LogP) is 4.57. The van der Waals surface area contributed by atoms with Crippen molar-refractivity contribution in [3.8, 4) is 0 Å². The number of carbonyl (C=O) groups is 2. The van der Waals surface area contributed by atoms with Crippen LogP contribution in [-0.2, 0) is 17.9 Å². The maximum absolute atomic E-state index is 12.7. The first-order chi connectivity index (χ1) is 15.0. The first-order valence-corrected chi connectivity index (χ1v) is 10.2. The number of aromatic nitrogens is 2. The number of nitrogens with zero attached hydrogens (tertiary/aromatic N) is 2. The molecule has 156 valence electrons. The highest BCUT2D eigenvalue weighted by molar-refractivity contribution is 6.30. The summed E-state index contributed by atoms with van der Waals surface area (Å²) in [6, 6.07) is 21.9. The number of benzene rings is 3. The lowest BCUT2D eigenvalue weighted by molar-refractivity contribution is -0.116. The molecule has 0 atom stereocenters. The Hall–Kier alpha value is -3.64. The maximum Gasteiger partial charge on any atom is 0.251 e. The van der Waals surface area contributed by atoms with E-state index in [0.29, 0.717) is 22.1 Å². The lowest BCUT2D eigenvalue weighted by Gasteiger charge is -2.11. The molecule has 3 aromatic carbocycles. The fourth-order valence-electron chi connectivity index (χ4n) is 3.36. The molecule has 0 aliphatic heterocycles. The Bertz CT molecular complexity index is 1250. The lowest BCUT2D eigenvalue weighted by Crippen LogP contribution is -2.26. The van der Waals surface area contributed by atoms with Crippen molar-refractivity contribution < 1.29 is 9.59 Å². The number of fused-ring (bicyclic) bond motifs is 1. The number of para-hydroxylation sites is 2. The Labute approximate surface area is 184 Å². The molecular formula is C24H21ClN4O2. The van der Waals surface area contributed by atoms with E-state index in [1.54, 1.807) is 30.3 Å². The molecule has 0 spiro atoms. The zero-order chi connectivity index (χ0) is 21.8. The molecule has 0 fully saturated rings. The summed E-state index contributed by atoms with van der Waals surface area (Å²) in [5, 5.41) is 6.37. The third kappa shape index (κ3) is 4.92. The molecule has 0 saturated carbocycles. The van der Waals surface area contributed by atoms with E-state index in [2.05, 4.69) is 15.6 Å². The van der Waals surface area contributed by atoms with E-state index >= 15 is 0 Å². The van der Waals surface area contributed by atoms with Crippen LogP contribution < -0.4 is 10.6 Å². The van der Waals surface area contributed by atoms with Crippen molar-refractivity contribution in [2.24, 2.45) is 0 Å². The van der Waals surface area contributed by atoms with Crippen LogP contribution in [0, 0.1) is 6.92 Å². The van der Waals surface area contributed by atoms with Crippen LogP contribution in [-0.4, -0.2) is 21.4 Å². The number of anilines is 1. The maximum atomic E-state index is 12.7. The van der Waals surface area contributed by atoms with Crippen LogP contribution in [0.4, 0.5) is 5.69 Å². The quantitative estimate of drug-likeness (QED) is 0.468. The van der Waals surface area contributed by atoms with Crippen molar-refractivity contribution in [1.29, 1.82) is 0 Å². The highest BCUT2D eigenvalue weighted by Crippen LogP contribution is 2.18. The average Bonchev–Trinajstić information content (AvgIpc) is 3.11. The molecule has 0 aliphatic carbocycles. The van der Waals surface area contributed by atoms with Gasteiger partial charge in [-0.2, -0.15) is 0 Å². The molecule has 4 aromatic rings. The minimum atomic E-state index is -0.197. The van der Waals surface area contributed by atoms with Gasteiger partial charge in [-0.15, -0.1) is 0 Å². The summed E-state index contributed by atoms with van der Waals surface area (Å²) >= 11 is 5.90. The second-order valence-electron chi connectivity index (χ2n) is 7.21. The summed E-state index contributed by atoms with van der Waals surface area (Å²) in [7, 11) is 0. The number of hydrogen-bond acceptors (Lipinski definition) is 3. The van der Waals surface area contributed by atoms with Gasteiger partial charge < -0.3 is 15.2 Å². The number of aryl methyl sites for hydroxylation is 1. The van der Waals surface area contributed by atoms with E-state index in [9.17, 15) is 9.59 Å². The molecule has 4 rings (SSSR count). The molecule has 6 nitrogen and oxygen atoms in total. The Morgan fingerprint density at radius 3 is 2.55 bits per heavy atom. The number of halogens is 1. The highest BCUT2D eigenvalue weighted by Gasteiger charge is 2.15. The molecule has 0 unspecified atom stereocenters. The monoisotopic (exact) mass is 432 g/mol. The third-order valence-corrected chi connectivity index (χ3v) is 5.10. The van der Waals surface area contributed by atoms with E-state index in [1.807, 2.05) is 54.0 Å². The third-order valence-electron chi connectivity index (χ3n) is 4.85. The SMILES string of the molecule is Cc1cccc(C(=O)NCc2nc3ccccc3n2CC(=O)Nc2ccc(Cl)cc2)c1. The van der Waals surface area contributed by atoms with Crippen LogP contribution in [0.25, 0.3) is 11.0 Å². The normalized spacial score (nSPS) is 10.8. The van der Waals surface area contributed by atoms with Gasteiger partial charge in [0.05, 0.1) is 17.6 Å². The van der Waals surface area contributed by atoms with Crippen molar-refractivity contribution >= 4 is 40.1 Å². The molecule has 0 saturated heterocycles. The minimum absolute atomic E-state index is 0.0682. The first kappa shape index (κ1) is 20.6. The van der Waals surface area contributed by atoms with Gasteiger partial charge in [0.15, 0.2) is 0 Å². The number of carbonyl (C=O) groups excluding carboxylic acids is 2. The fourth-order valence-corrected chi connectivity index (χ4v) is 3.49. The first-order valence-electron chi connectivity index (χ1n) is 9.84. The molecule has 1 aromatic heterocycles. The molecule has 0 radical (unpaired) electrons. The smallest absolute Gasteiger partial charge is 0.251 e. The summed E-state index contributed by atoms with van der Waals surface area (Å²) in [6.07, 6.45) is 0. The minimum Gasteiger partial charge on any atom is -0.345 e. The van der Waals surface area contributed by atoms with Crippen LogP contribution in [0.2, 0.25) is 5.02 Å². The predicted molar refractivity (Wildman–Crippen MR) is 122 cm³/mol. The fraction of sp³-hybridized carbons (Fsp3) is 0.125. The van der Waals surface area contributed by atoms with Gasteiger partial charge >= 0.3 is 0 Å². The molecule has 0 bridgehead atoms.